The molecule has 0 saturated heterocycles. The van der Waals surface area contributed by atoms with Crippen molar-refractivity contribution in [3.63, 3.8) is 0 Å². The number of nitrogens with one attached hydrogen (secondary N) is 1. The van der Waals surface area contributed by atoms with E-state index in [0.29, 0.717) is 35.1 Å². The van der Waals surface area contributed by atoms with Crippen molar-refractivity contribution in [1.29, 1.82) is 0 Å². The van der Waals surface area contributed by atoms with E-state index in [2.05, 4.69) is 19.2 Å². The summed E-state index contributed by atoms with van der Waals surface area (Å²) in [6.07, 6.45) is 6.62. The molecule has 3 N–H and O–H groups in total. The smallest absolute Gasteiger partial charge is 0.247 e. The van der Waals surface area contributed by atoms with Crippen LogP contribution in [0, 0.1) is 29.1 Å². The van der Waals surface area contributed by atoms with Crippen LogP contribution in [0.15, 0.2) is 35.9 Å². The number of carbonyl (C=O) groups excluding carboxylic acids is 2. The van der Waals surface area contributed by atoms with Gasteiger partial charge >= 0.3 is 0 Å². The maximum atomic E-state index is 13.9. The minimum absolute atomic E-state index is 0.00239. The second-order valence-electron chi connectivity index (χ2n) is 12.5. The molecule has 6 aliphatic rings. The molecular formula is C30H40N2O5. The number of rotatable bonds is 7. The highest BCUT2D eigenvalue weighted by atomic mass is 16.5. The summed E-state index contributed by atoms with van der Waals surface area (Å²) in [6.45, 7) is 5.34. The third-order valence-corrected chi connectivity index (χ3v) is 10.4. The lowest BCUT2D eigenvalue weighted by Crippen LogP contribution is -2.60. The molecule has 7 nitrogen and oxygen atoms in total. The second kappa shape index (κ2) is 9.42. The molecule has 2 bridgehead atoms. The number of aliphatic hydroxyl groups is 2. The first kappa shape index (κ1) is 24.9. The van der Waals surface area contributed by atoms with Gasteiger partial charge in [0, 0.05) is 30.1 Å². The molecule has 0 aromatic heterocycles. The number of nitrogens with zero attached hydrogens (tertiary/aromatic N) is 1. The van der Waals surface area contributed by atoms with Gasteiger partial charge in [0.05, 0.1) is 18.6 Å². The summed E-state index contributed by atoms with van der Waals surface area (Å²) in [5.74, 6) is 1.84. The van der Waals surface area contributed by atoms with Gasteiger partial charge in [-0.3, -0.25) is 9.59 Å². The summed E-state index contributed by atoms with van der Waals surface area (Å²) in [6, 6.07) is 6.98. The second-order valence-corrected chi connectivity index (χ2v) is 12.5. The Morgan fingerprint density at radius 3 is 2.62 bits per heavy atom. The van der Waals surface area contributed by atoms with Crippen LogP contribution in [0.4, 0.5) is 0 Å². The molecule has 7 heteroatoms. The van der Waals surface area contributed by atoms with E-state index in [-0.39, 0.29) is 30.9 Å². The molecule has 1 heterocycles. The summed E-state index contributed by atoms with van der Waals surface area (Å²) < 4.78 is 6.26. The van der Waals surface area contributed by atoms with Gasteiger partial charge in [0.25, 0.3) is 0 Å². The summed E-state index contributed by atoms with van der Waals surface area (Å²) in [4.78, 5) is 29.2. The first-order valence-corrected chi connectivity index (χ1v) is 14.2. The summed E-state index contributed by atoms with van der Waals surface area (Å²) in [5.41, 5.74) is 1.69. The third kappa shape index (κ3) is 4.00. The molecule has 1 aliphatic heterocycles. The standard InChI is InChI=1S/C30H40N2O5/c1-30(2)19-11-10-18(22(30)14-19)16-32(29(36)17-6-5-7-17)23-15-21(28(35)31-12-13-33)25-20-8-3-4-9-24(20)37-27(25)26(23)34/h3-4,8-9,15,17-19,22-23,25-27,33-34H,5-7,10-14,16H2,1-2H3,(H,31,35)/t18-,19-,22-,23+,25-,26-,27-/m0/s1. The van der Waals surface area contributed by atoms with Crippen molar-refractivity contribution in [3.05, 3.63) is 41.5 Å². The average Bonchev–Trinajstić information content (AvgIpc) is 3.25. The van der Waals surface area contributed by atoms with Crippen LogP contribution in [0.5, 0.6) is 5.75 Å². The Labute approximate surface area is 219 Å². The highest BCUT2D eigenvalue weighted by molar-refractivity contribution is 5.96. The van der Waals surface area contributed by atoms with Gasteiger partial charge in [-0.25, -0.2) is 0 Å². The Hall–Kier alpha value is -2.38. The Kier molecular flexibility index (Phi) is 6.35. The molecule has 4 saturated carbocycles. The van der Waals surface area contributed by atoms with Crippen LogP contribution in [0.3, 0.4) is 0 Å². The van der Waals surface area contributed by atoms with Crippen LogP contribution in [0.1, 0.15) is 63.9 Å². The predicted molar refractivity (Wildman–Crippen MR) is 139 cm³/mol. The molecule has 0 unspecified atom stereocenters. The zero-order valence-corrected chi connectivity index (χ0v) is 21.9. The van der Waals surface area contributed by atoms with Gasteiger partial charge in [0.15, 0.2) is 0 Å². The summed E-state index contributed by atoms with van der Waals surface area (Å²) in [7, 11) is 0. The first-order valence-electron chi connectivity index (χ1n) is 14.2. The Bertz CT molecular complexity index is 1090. The maximum absolute atomic E-state index is 13.9. The topological polar surface area (TPSA) is 99.1 Å². The fourth-order valence-corrected chi connectivity index (χ4v) is 7.87. The van der Waals surface area contributed by atoms with Crippen LogP contribution in [-0.4, -0.2) is 64.9 Å². The third-order valence-electron chi connectivity index (χ3n) is 10.4. The highest BCUT2D eigenvalue weighted by Crippen LogP contribution is 2.61. The van der Waals surface area contributed by atoms with E-state index in [1.165, 1.54) is 12.8 Å². The van der Waals surface area contributed by atoms with E-state index in [1.54, 1.807) is 0 Å². The number of amides is 2. The molecule has 4 fully saturated rings. The number of benzene rings is 1. The molecular weight excluding hydrogens is 468 g/mol. The lowest BCUT2D eigenvalue weighted by molar-refractivity contribution is -0.152. The fraction of sp³-hybridized carbons (Fsp3) is 0.667. The van der Waals surface area contributed by atoms with Crippen LogP contribution in [0.2, 0.25) is 0 Å². The van der Waals surface area contributed by atoms with Gasteiger partial charge in [-0.15, -0.1) is 0 Å². The number of aliphatic hydroxyl groups excluding tert-OH is 2. The Balaban J connectivity index is 1.36. The van der Waals surface area contributed by atoms with E-state index in [4.69, 9.17) is 4.74 Å². The van der Waals surface area contributed by atoms with Crippen molar-refractivity contribution in [2.75, 3.05) is 19.7 Å². The van der Waals surface area contributed by atoms with Gasteiger partial charge in [-0.2, -0.15) is 0 Å². The van der Waals surface area contributed by atoms with E-state index in [0.717, 1.165) is 37.2 Å². The molecule has 5 aliphatic carbocycles. The van der Waals surface area contributed by atoms with Crippen molar-refractivity contribution in [1.82, 2.24) is 10.2 Å². The van der Waals surface area contributed by atoms with Crippen molar-refractivity contribution in [2.45, 2.75) is 76.5 Å². The SMILES string of the molecule is CC1(C)[C@H]2CC[C@@H](CN(C(=O)C3CCC3)[C@@H]3C=C(C(=O)NCCO)[C@@H]4c5ccccc5O[C@@H]4[C@H]3O)[C@@H]1C2. The average molecular weight is 509 g/mol. The first-order chi connectivity index (χ1) is 17.8. The summed E-state index contributed by atoms with van der Waals surface area (Å²) >= 11 is 0. The molecule has 7 atom stereocenters. The molecule has 1 aromatic carbocycles. The quantitative estimate of drug-likeness (QED) is 0.526. The molecule has 37 heavy (non-hydrogen) atoms. The van der Waals surface area contributed by atoms with Crippen molar-refractivity contribution in [3.8, 4) is 5.75 Å². The van der Waals surface area contributed by atoms with Crippen LogP contribution >= 0.6 is 0 Å². The van der Waals surface area contributed by atoms with E-state index in [1.807, 2.05) is 35.2 Å². The largest absolute Gasteiger partial charge is 0.486 e. The molecule has 200 valence electrons. The van der Waals surface area contributed by atoms with Crippen molar-refractivity contribution < 1.29 is 24.5 Å². The van der Waals surface area contributed by atoms with Gasteiger partial charge in [0.1, 0.15) is 18.0 Å². The summed E-state index contributed by atoms with van der Waals surface area (Å²) in [5, 5.41) is 23.9. The van der Waals surface area contributed by atoms with Crippen LogP contribution < -0.4 is 10.1 Å². The van der Waals surface area contributed by atoms with Gasteiger partial charge in [0.2, 0.25) is 11.8 Å². The van der Waals surface area contributed by atoms with Gasteiger partial charge < -0.3 is 25.2 Å². The number of hydrogen-bond donors (Lipinski definition) is 3. The Morgan fingerprint density at radius 1 is 1.16 bits per heavy atom. The monoisotopic (exact) mass is 508 g/mol. The Morgan fingerprint density at radius 2 is 1.95 bits per heavy atom. The van der Waals surface area contributed by atoms with E-state index >= 15 is 0 Å². The molecule has 0 spiro atoms. The lowest BCUT2D eigenvalue weighted by atomic mass is 9.45. The zero-order valence-electron chi connectivity index (χ0n) is 21.9. The lowest BCUT2D eigenvalue weighted by Gasteiger charge is -2.61. The predicted octanol–water partition coefficient (Wildman–Crippen LogP) is 3.01. The zero-order chi connectivity index (χ0) is 25.9. The number of para-hydroxylation sites is 1. The highest BCUT2D eigenvalue weighted by Gasteiger charge is 2.56. The van der Waals surface area contributed by atoms with Crippen molar-refractivity contribution in [2.24, 2.45) is 29.1 Å². The van der Waals surface area contributed by atoms with Crippen LogP contribution in [0.25, 0.3) is 0 Å². The normalized spacial score (nSPS) is 35.1. The number of ether oxygens (including phenoxy) is 1. The molecule has 2 amide bonds. The maximum Gasteiger partial charge on any atom is 0.247 e. The molecule has 1 aromatic rings. The van der Waals surface area contributed by atoms with Gasteiger partial charge in [-0.05, 0) is 67.4 Å². The van der Waals surface area contributed by atoms with Gasteiger partial charge in [-0.1, -0.05) is 38.5 Å². The minimum atomic E-state index is -0.943. The minimum Gasteiger partial charge on any atom is -0.486 e. The fourth-order valence-electron chi connectivity index (χ4n) is 7.87. The van der Waals surface area contributed by atoms with Crippen LogP contribution in [-0.2, 0) is 9.59 Å². The number of hydrogen-bond acceptors (Lipinski definition) is 5. The number of fused-ring (bicyclic) bond motifs is 5. The molecule has 0 radical (unpaired) electrons. The van der Waals surface area contributed by atoms with Crippen molar-refractivity contribution >= 4 is 11.8 Å². The molecule has 7 rings (SSSR count). The van der Waals surface area contributed by atoms with E-state index in [9.17, 15) is 19.8 Å². The number of carbonyl (C=O) groups is 2. The van der Waals surface area contributed by atoms with E-state index < -0.39 is 24.2 Å².